The van der Waals surface area contributed by atoms with Gasteiger partial charge >= 0.3 is 6.09 Å². The van der Waals surface area contributed by atoms with Crippen molar-refractivity contribution in [2.75, 3.05) is 13.1 Å². The van der Waals surface area contributed by atoms with Gasteiger partial charge in [-0.05, 0) is 88.9 Å². The van der Waals surface area contributed by atoms with E-state index in [4.69, 9.17) is 4.74 Å². The first-order valence-corrected chi connectivity index (χ1v) is 9.97. The first-order valence-electron chi connectivity index (χ1n) is 9.97. The molecule has 0 aromatic rings. The Morgan fingerprint density at radius 2 is 1.52 bits per heavy atom. The largest absolute Gasteiger partial charge is 0.444 e. The molecule has 0 spiro atoms. The molecule has 4 aliphatic rings. The van der Waals surface area contributed by atoms with Gasteiger partial charge in [-0.2, -0.15) is 0 Å². The lowest BCUT2D eigenvalue weighted by atomic mass is 9.49. The SMILES string of the molecule is CC(C)(C)OC(=O)NCCC(=O)NCCC12CC3CC(CC(C3)C1)C2. The zero-order valence-corrected chi connectivity index (χ0v) is 16.0. The third-order valence-corrected chi connectivity index (χ3v) is 6.16. The summed E-state index contributed by atoms with van der Waals surface area (Å²) in [4.78, 5) is 23.5. The maximum atomic E-state index is 12.0. The van der Waals surface area contributed by atoms with E-state index in [1.54, 1.807) is 0 Å². The van der Waals surface area contributed by atoms with E-state index in [1.165, 1.54) is 38.5 Å². The van der Waals surface area contributed by atoms with Crippen molar-refractivity contribution in [3.05, 3.63) is 0 Å². The lowest BCUT2D eigenvalue weighted by molar-refractivity contribution is -0.121. The van der Waals surface area contributed by atoms with Crippen LogP contribution in [0.4, 0.5) is 4.79 Å². The number of ether oxygens (including phenoxy) is 1. The Bertz CT molecular complexity index is 474. The van der Waals surface area contributed by atoms with E-state index in [9.17, 15) is 9.59 Å². The molecule has 4 rings (SSSR count). The molecule has 2 N–H and O–H groups in total. The molecule has 0 atom stereocenters. The molecule has 0 aromatic carbocycles. The Kier molecular flexibility index (Phi) is 5.31. The third-order valence-electron chi connectivity index (χ3n) is 6.16. The zero-order chi connectivity index (χ0) is 18.1. The maximum Gasteiger partial charge on any atom is 0.407 e. The van der Waals surface area contributed by atoms with Crippen molar-refractivity contribution < 1.29 is 14.3 Å². The lowest BCUT2D eigenvalue weighted by Gasteiger charge is -2.57. The molecule has 25 heavy (non-hydrogen) atoms. The Hall–Kier alpha value is -1.26. The van der Waals surface area contributed by atoms with E-state index in [2.05, 4.69) is 10.6 Å². The molecule has 5 heteroatoms. The zero-order valence-electron chi connectivity index (χ0n) is 16.0. The van der Waals surface area contributed by atoms with Gasteiger partial charge in [0.15, 0.2) is 0 Å². The first-order chi connectivity index (χ1) is 11.7. The quantitative estimate of drug-likeness (QED) is 0.769. The summed E-state index contributed by atoms with van der Waals surface area (Å²) in [5, 5.41) is 5.68. The van der Waals surface area contributed by atoms with Gasteiger partial charge in [-0.3, -0.25) is 4.79 Å². The molecule has 0 aromatic heterocycles. The summed E-state index contributed by atoms with van der Waals surface area (Å²) in [7, 11) is 0. The number of rotatable bonds is 6. The average Bonchev–Trinajstić information content (AvgIpc) is 2.43. The van der Waals surface area contributed by atoms with Crippen molar-refractivity contribution in [1.82, 2.24) is 10.6 Å². The summed E-state index contributed by atoms with van der Waals surface area (Å²) >= 11 is 0. The number of amides is 2. The number of nitrogens with one attached hydrogen (secondary N) is 2. The molecule has 2 amide bonds. The Labute approximate surface area is 151 Å². The van der Waals surface area contributed by atoms with Crippen molar-refractivity contribution in [2.45, 2.75) is 77.7 Å². The number of alkyl carbamates (subject to hydrolysis) is 1. The van der Waals surface area contributed by atoms with Gasteiger partial charge < -0.3 is 15.4 Å². The minimum atomic E-state index is -0.510. The van der Waals surface area contributed by atoms with Crippen LogP contribution in [-0.4, -0.2) is 30.7 Å². The molecule has 142 valence electrons. The van der Waals surface area contributed by atoms with Gasteiger partial charge in [0.05, 0.1) is 0 Å². The molecule has 0 radical (unpaired) electrons. The number of carbonyl (C=O) groups excluding carboxylic acids is 2. The van der Waals surface area contributed by atoms with Crippen LogP contribution >= 0.6 is 0 Å². The lowest BCUT2D eigenvalue weighted by Crippen LogP contribution is -2.47. The molecule has 4 bridgehead atoms. The van der Waals surface area contributed by atoms with Crippen molar-refractivity contribution >= 4 is 12.0 Å². The molecule has 0 unspecified atom stereocenters. The molecule has 4 aliphatic carbocycles. The number of hydrogen-bond donors (Lipinski definition) is 2. The van der Waals surface area contributed by atoms with Crippen LogP contribution in [0, 0.1) is 23.2 Å². The second kappa shape index (κ2) is 7.16. The van der Waals surface area contributed by atoms with Crippen LogP contribution in [0.5, 0.6) is 0 Å². The highest BCUT2D eigenvalue weighted by atomic mass is 16.6. The number of hydrogen-bond acceptors (Lipinski definition) is 3. The van der Waals surface area contributed by atoms with E-state index in [0.717, 1.165) is 30.7 Å². The molecule has 0 saturated heterocycles. The van der Waals surface area contributed by atoms with Crippen LogP contribution in [0.25, 0.3) is 0 Å². The summed E-state index contributed by atoms with van der Waals surface area (Å²) in [6, 6.07) is 0. The topological polar surface area (TPSA) is 67.4 Å². The van der Waals surface area contributed by atoms with Gasteiger partial charge in [0.1, 0.15) is 5.60 Å². The smallest absolute Gasteiger partial charge is 0.407 e. The molecule has 4 fully saturated rings. The second-order valence-corrected chi connectivity index (χ2v) is 9.70. The molecule has 0 heterocycles. The second-order valence-electron chi connectivity index (χ2n) is 9.70. The fraction of sp³-hybridized carbons (Fsp3) is 0.900. The Balaban J connectivity index is 1.31. The van der Waals surface area contributed by atoms with Crippen molar-refractivity contribution in [3.8, 4) is 0 Å². The summed E-state index contributed by atoms with van der Waals surface area (Å²) in [6.45, 7) is 6.56. The minimum Gasteiger partial charge on any atom is -0.444 e. The fourth-order valence-electron chi connectivity index (χ4n) is 5.74. The Morgan fingerprint density at radius 3 is 2.04 bits per heavy atom. The van der Waals surface area contributed by atoms with Gasteiger partial charge in [0.2, 0.25) is 5.91 Å². The molecule has 5 nitrogen and oxygen atoms in total. The highest BCUT2D eigenvalue weighted by molar-refractivity contribution is 5.77. The predicted octanol–water partition coefficient (Wildman–Crippen LogP) is 3.62. The summed E-state index contributed by atoms with van der Waals surface area (Å²) in [5.41, 5.74) is 0.000989. The van der Waals surface area contributed by atoms with E-state index in [1.807, 2.05) is 20.8 Å². The minimum absolute atomic E-state index is 0.0146. The first kappa shape index (κ1) is 18.5. The summed E-state index contributed by atoms with van der Waals surface area (Å²) in [6.07, 6.45) is 9.50. The summed E-state index contributed by atoms with van der Waals surface area (Å²) < 4.78 is 5.16. The van der Waals surface area contributed by atoms with E-state index in [-0.39, 0.29) is 5.91 Å². The third kappa shape index (κ3) is 5.11. The van der Waals surface area contributed by atoms with Gasteiger partial charge in [-0.25, -0.2) is 4.79 Å². The number of carbonyl (C=O) groups is 2. The molecule has 4 saturated carbocycles. The van der Waals surface area contributed by atoms with E-state index in [0.29, 0.717) is 18.4 Å². The van der Waals surface area contributed by atoms with Crippen LogP contribution in [0.3, 0.4) is 0 Å². The van der Waals surface area contributed by atoms with Crippen LogP contribution in [0.1, 0.15) is 72.1 Å². The normalized spacial score (nSPS) is 33.2. The van der Waals surface area contributed by atoms with E-state index < -0.39 is 11.7 Å². The van der Waals surface area contributed by atoms with Crippen LogP contribution in [0.15, 0.2) is 0 Å². The Morgan fingerprint density at radius 1 is 0.960 bits per heavy atom. The predicted molar refractivity (Wildman–Crippen MR) is 97.1 cm³/mol. The van der Waals surface area contributed by atoms with Crippen molar-refractivity contribution in [2.24, 2.45) is 23.2 Å². The van der Waals surface area contributed by atoms with Crippen LogP contribution in [0.2, 0.25) is 0 Å². The maximum absolute atomic E-state index is 12.0. The molecule has 0 aliphatic heterocycles. The van der Waals surface area contributed by atoms with Crippen LogP contribution in [-0.2, 0) is 9.53 Å². The van der Waals surface area contributed by atoms with Gasteiger partial charge in [-0.1, -0.05) is 0 Å². The van der Waals surface area contributed by atoms with Gasteiger partial charge in [-0.15, -0.1) is 0 Å². The van der Waals surface area contributed by atoms with Gasteiger partial charge in [0.25, 0.3) is 0 Å². The molecular weight excluding hydrogens is 316 g/mol. The average molecular weight is 351 g/mol. The fourth-order valence-corrected chi connectivity index (χ4v) is 5.74. The van der Waals surface area contributed by atoms with Gasteiger partial charge in [0, 0.05) is 19.5 Å². The molecular formula is C20H34N2O3. The van der Waals surface area contributed by atoms with E-state index >= 15 is 0 Å². The van der Waals surface area contributed by atoms with Crippen molar-refractivity contribution in [1.29, 1.82) is 0 Å². The highest BCUT2D eigenvalue weighted by Gasteiger charge is 2.50. The summed E-state index contributed by atoms with van der Waals surface area (Å²) in [5.74, 6) is 2.89. The standard InChI is InChI=1S/C20H34N2O3/c1-19(2,3)25-18(24)22-6-4-17(23)21-7-5-20-11-14-8-15(12-20)10-16(9-14)13-20/h14-16H,4-13H2,1-3H3,(H,21,23)(H,22,24). The van der Waals surface area contributed by atoms with Crippen LogP contribution < -0.4 is 10.6 Å². The monoisotopic (exact) mass is 350 g/mol. The van der Waals surface area contributed by atoms with Crippen molar-refractivity contribution in [3.63, 3.8) is 0 Å². The highest BCUT2D eigenvalue weighted by Crippen LogP contribution is 2.61.